The Kier molecular flexibility index (Phi) is 8.41. The summed E-state index contributed by atoms with van der Waals surface area (Å²) in [4.78, 5) is 22.0. The second kappa shape index (κ2) is 11.9. The maximum atomic E-state index is 13.6. The van der Waals surface area contributed by atoms with E-state index in [0.29, 0.717) is 26.2 Å². The summed E-state index contributed by atoms with van der Waals surface area (Å²) in [6.07, 6.45) is 1.23. The Morgan fingerprint density at radius 3 is 2.12 bits per heavy atom. The van der Waals surface area contributed by atoms with Gasteiger partial charge in [-0.25, -0.2) is 0 Å². The number of aromatic nitrogens is 1. The molecule has 1 amide bonds. The molecule has 1 atom stereocenters. The first kappa shape index (κ1) is 24.1. The summed E-state index contributed by atoms with van der Waals surface area (Å²) in [5.41, 5.74) is 3.99. The number of rotatable bonds is 9. The number of ether oxygens (including phenoxy) is 1. The van der Waals surface area contributed by atoms with Gasteiger partial charge in [-0.3, -0.25) is 14.7 Å². The van der Waals surface area contributed by atoms with E-state index < -0.39 is 6.10 Å². The summed E-state index contributed by atoms with van der Waals surface area (Å²) < 4.78 is 5.67. The van der Waals surface area contributed by atoms with Crippen molar-refractivity contribution in [3.05, 3.63) is 101 Å². The number of hydrogen-bond acceptors (Lipinski definition) is 5. The van der Waals surface area contributed by atoms with Gasteiger partial charge in [0.1, 0.15) is 0 Å². The molecule has 34 heavy (non-hydrogen) atoms. The molecule has 3 aromatic rings. The summed E-state index contributed by atoms with van der Waals surface area (Å²) in [5.74, 6) is -0.170. The van der Waals surface area contributed by atoms with Crippen LogP contribution in [0.3, 0.4) is 0 Å². The minimum absolute atomic E-state index is 0.132. The average molecular weight is 460 g/mol. The number of aliphatic hydroxyl groups excluding tert-OH is 1. The molecule has 1 aliphatic heterocycles. The minimum atomic E-state index is -0.568. The van der Waals surface area contributed by atoms with Gasteiger partial charge in [0.15, 0.2) is 0 Å². The highest BCUT2D eigenvalue weighted by molar-refractivity contribution is 5.87. The van der Waals surface area contributed by atoms with Crippen LogP contribution in [0.15, 0.2) is 79.0 Å². The van der Waals surface area contributed by atoms with E-state index in [1.807, 2.05) is 84.6 Å². The standard InChI is InChI=1S/C28H33N3O3/c1-22-12-13-23(18-29-22)20-34-21-26(32)19-30-14-16-31(17-15-30)28(33)27(24-8-4-2-5-9-24)25-10-6-3-7-11-25/h2-13,18,26-27,32H,14-17,19-21H2,1H3. The van der Waals surface area contributed by atoms with Crippen LogP contribution in [0.1, 0.15) is 28.3 Å². The van der Waals surface area contributed by atoms with Crippen LogP contribution in [0.5, 0.6) is 0 Å². The molecule has 2 heterocycles. The Hall–Kier alpha value is -3.06. The lowest BCUT2D eigenvalue weighted by atomic mass is 9.90. The van der Waals surface area contributed by atoms with Gasteiger partial charge in [-0.05, 0) is 29.7 Å². The molecular formula is C28H33N3O3. The first-order valence-corrected chi connectivity index (χ1v) is 11.9. The third-order valence-electron chi connectivity index (χ3n) is 6.22. The monoisotopic (exact) mass is 459 g/mol. The first-order valence-electron chi connectivity index (χ1n) is 11.9. The Balaban J connectivity index is 1.27. The van der Waals surface area contributed by atoms with E-state index in [4.69, 9.17) is 4.74 Å². The maximum Gasteiger partial charge on any atom is 0.234 e. The quantitative estimate of drug-likeness (QED) is 0.532. The summed E-state index contributed by atoms with van der Waals surface area (Å²) in [5, 5.41) is 10.4. The summed E-state index contributed by atoms with van der Waals surface area (Å²) in [6, 6.07) is 23.9. The molecule has 6 heteroatoms. The van der Waals surface area contributed by atoms with Crippen LogP contribution in [0.4, 0.5) is 0 Å². The van der Waals surface area contributed by atoms with Gasteiger partial charge in [0, 0.05) is 44.6 Å². The predicted octanol–water partition coefficient (Wildman–Crippen LogP) is 3.24. The molecule has 6 nitrogen and oxygen atoms in total. The zero-order chi connectivity index (χ0) is 23.8. The van der Waals surface area contributed by atoms with Crippen molar-refractivity contribution < 1.29 is 14.6 Å². The summed E-state index contributed by atoms with van der Waals surface area (Å²) >= 11 is 0. The van der Waals surface area contributed by atoms with E-state index in [2.05, 4.69) is 9.88 Å². The van der Waals surface area contributed by atoms with E-state index in [9.17, 15) is 9.90 Å². The molecule has 0 radical (unpaired) electrons. The molecule has 1 aliphatic rings. The van der Waals surface area contributed by atoms with E-state index in [-0.39, 0.29) is 18.4 Å². The van der Waals surface area contributed by atoms with E-state index in [1.165, 1.54) is 0 Å². The molecule has 0 aliphatic carbocycles. The van der Waals surface area contributed by atoms with Gasteiger partial charge in [0.05, 0.1) is 25.2 Å². The predicted molar refractivity (Wildman–Crippen MR) is 132 cm³/mol. The van der Waals surface area contributed by atoms with Gasteiger partial charge in [0.25, 0.3) is 0 Å². The number of hydrogen-bond donors (Lipinski definition) is 1. The van der Waals surface area contributed by atoms with Gasteiger partial charge in [-0.2, -0.15) is 0 Å². The number of benzene rings is 2. The minimum Gasteiger partial charge on any atom is -0.389 e. The number of nitrogens with zero attached hydrogens (tertiary/aromatic N) is 3. The Labute approximate surface area is 201 Å². The number of amides is 1. The Bertz CT molecular complexity index is 980. The van der Waals surface area contributed by atoms with Crippen molar-refractivity contribution in [2.45, 2.75) is 25.6 Å². The highest BCUT2D eigenvalue weighted by Crippen LogP contribution is 2.27. The second-order valence-electron chi connectivity index (χ2n) is 8.86. The number of β-amino-alcohol motifs (C(OH)–C–C–N with tert-alkyl or cyclic N) is 1. The Morgan fingerprint density at radius 1 is 0.941 bits per heavy atom. The first-order chi connectivity index (χ1) is 16.6. The van der Waals surface area contributed by atoms with Gasteiger partial charge in [-0.15, -0.1) is 0 Å². The zero-order valence-corrected chi connectivity index (χ0v) is 19.7. The maximum absolute atomic E-state index is 13.6. The molecule has 4 rings (SSSR count). The third kappa shape index (κ3) is 6.50. The fraction of sp³-hybridized carbons (Fsp3) is 0.357. The van der Waals surface area contributed by atoms with Crippen LogP contribution >= 0.6 is 0 Å². The molecule has 1 N–H and O–H groups in total. The van der Waals surface area contributed by atoms with Crippen LogP contribution in [0.25, 0.3) is 0 Å². The number of aryl methyl sites for hydroxylation is 1. The second-order valence-corrected chi connectivity index (χ2v) is 8.86. The van der Waals surface area contributed by atoms with Gasteiger partial charge < -0.3 is 14.7 Å². The van der Waals surface area contributed by atoms with Crippen molar-refractivity contribution in [3.8, 4) is 0 Å². The molecule has 0 bridgehead atoms. The highest BCUT2D eigenvalue weighted by Gasteiger charge is 2.30. The van der Waals surface area contributed by atoms with E-state index >= 15 is 0 Å². The van der Waals surface area contributed by atoms with Gasteiger partial charge >= 0.3 is 0 Å². The average Bonchev–Trinajstić information content (AvgIpc) is 2.87. The van der Waals surface area contributed by atoms with Crippen LogP contribution in [-0.4, -0.2) is 71.2 Å². The lowest BCUT2D eigenvalue weighted by molar-refractivity contribution is -0.133. The van der Waals surface area contributed by atoms with Crippen molar-refractivity contribution in [2.24, 2.45) is 0 Å². The molecule has 0 spiro atoms. The van der Waals surface area contributed by atoms with Crippen LogP contribution in [0.2, 0.25) is 0 Å². The fourth-order valence-corrected chi connectivity index (χ4v) is 4.35. The molecule has 1 aromatic heterocycles. The summed E-state index contributed by atoms with van der Waals surface area (Å²) in [6.45, 7) is 5.97. The molecule has 2 aromatic carbocycles. The highest BCUT2D eigenvalue weighted by atomic mass is 16.5. The normalized spacial score (nSPS) is 15.4. The van der Waals surface area contributed by atoms with Crippen LogP contribution in [0, 0.1) is 6.92 Å². The molecule has 1 unspecified atom stereocenters. The molecule has 0 saturated carbocycles. The molecular weight excluding hydrogens is 426 g/mol. The third-order valence-corrected chi connectivity index (χ3v) is 6.22. The topological polar surface area (TPSA) is 65.9 Å². The van der Waals surface area contributed by atoms with Gasteiger partial charge in [0.2, 0.25) is 5.91 Å². The molecule has 1 fully saturated rings. The number of carbonyl (C=O) groups excluding carboxylic acids is 1. The van der Waals surface area contributed by atoms with Crippen LogP contribution < -0.4 is 0 Å². The molecule has 1 saturated heterocycles. The number of aliphatic hydroxyl groups is 1. The SMILES string of the molecule is Cc1ccc(COCC(O)CN2CCN(C(=O)C(c3ccccc3)c3ccccc3)CC2)cn1. The lowest BCUT2D eigenvalue weighted by Crippen LogP contribution is -2.51. The molecule has 178 valence electrons. The lowest BCUT2D eigenvalue weighted by Gasteiger charge is -2.37. The van der Waals surface area contributed by atoms with Crippen LogP contribution in [-0.2, 0) is 16.1 Å². The van der Waals surface area contributed by atoms with Crippen molar-refractivity contribution >= 4 is 5.91 Å². The Morgan fingerprint density at radius 2 is 1.56 bits per heavy atom. The fourth-order valence-electron chi connectivity index (χ4n) is 4.35. The van der Waals surface area contributed by atoms with Gasteiger partial charge in [-0.1, -0.05) is 66.7 Å². The van der Waals surface area contributed by atoms with Crippen molar-refractivity contribution in [2.75, 3.05) is 39.3 Å². The summed E-state index contributed by atoms with van der Waals surface area (Å²) in [7, 11) is 0. The number of pyridine rings is 1. The van der Waals surface area contributed by atoms with Crippen molar-refractivity contribution in [1.29, 1.82) is 0 Å². The number of carbonyl (C=O) groups is 1. The smallest absolute Gasteiger partial charge is 0.234 e. The van der Waals surface area contributed by atoms with Crippen molar-refractivity contribution in [1.82, 2.24) is 14.8 Å². The zero-order valence-electron chi connectivity index (χ0n) is 19.7. The largest absolute Gasteiger partial charge is 0.389 e. The van der Waals surface area contributed by atoms with E-state index in [0.717, 1.165) is 35.5 Å². The number of piperazine rings is 1. The van der Waals surface area contributed by atoms with Crippen molar-refractivity contribution in [3.63, 3.8) is 0 Å². The van der Waals surface area contributed by atoms with E-state index in [1.54, 1.807) is 6.20 Å².